The SMILES string of the molecule is CNC(=O)NC(C)(C(F)F)C(NC(=O)c1ccc(C#CC#Cc2c[nH]cn2)cc1)C(=O)NO. The number of rotatable bonds is 6. The first-order chi connectivity index (χ1) is 15.7. The van der Waals surface area contributed by atoms with Gasteiger partial charge in [0.05, 0.1) is 6.33 Å². The quantitative estimate of drug-likeness (QED) is 0.210. The van der Waals surface area contributed by atoms with Gasteiger partial charge in [-0.15, -0.1) is 0 Å². The summed E-state index contributed by atoms with van der Waals surface area (Å²) in [5, 5.41) is 15.1. The summed E-state index contributed by atoms with van der Waals surface area (Å²) in [4.78, 5) is 43.0. The standard InChI is InChI=1S/C21H20F2N6O4/c1-21(19(22)23,28-20(32)24-2)16(18(31)29-33)27-17(30)14-9-7-13(8-10-14)5-3-4-6-15-11-25-12-26-15/h7-12,16,19,33H,1-2H3,(H,25,26)(H,27,30)(H,29,31)(H2,24,28,32). The number of alkyl halides is 2. The van der Waals surface area contributed by atoms with Crippen LogP contribution in [0.15, 0.2) is 36.8 Å². The fourth-order valence-corrected chi connectivity index (χ4v) is 2.56. The molecule has 0 spiro atoms. The minimum absolute atomic E-state index is 0.0236. The van der Waals surface area contributed by atoms with E-state index >= 15 is 0 Å². The lowest BCUT2D eigenvalue weighted by molar-refractivity contribution is -0.135. The van der Waals surface area contributed by atoms with Crippen LogP contribution in [0.4, 0.5) is 13.6 Å². The molecule has 33 heavy (non-hydrogen) atoms. The number of hydroxylamine groups is 1. The van der Waals surface area contributed by atoms with Crippen molar-refractivity contribution in [1.82, 2.24) is 31.4 Å². The van der Waals surface area contributed by atoms with Crippen LogP contribution in [0.2, 0.25) is 0 Å². The Hall–Kier alpha value is -4.42. The molecule has 0 aliphatic carbocycles. The monoisotopic (exact) mass is 458 g/mol. The Labute approximate surface area is 187 Å². The molecule has 2 rings (SSSR count). The Morgan fingerprint density at radius 2 is 1.82 bits per heavy atom. The van der Waals surface area contributed by atoms with Crippen molar-refractivity contribution in [2.45, 2.75) is 24.9 Å². The van der Waals surface area contributed by atoms with Gasteiger partial charge in [0.2, 0.25) is 0 Å². The lowest BCUT2D eigenvalue weighted by atomic mass is 9.91. The Kier molecular flexibility index (Phi) is 8.49. The number of carbonyl (C=O) groups excluding carboxylic acids is 3. The van der Waals surface area contributed by atoms with Gasteiger partial charge in [-0.2, -0.15) is 0 Å². The molecule has 6 N–H and O–H groups in total. The number of carbonyl (C=O) groups is 3. The van der Waals surface area contributed by atoms with E-state index in [4.69, 9.17) is 5.21 Å². The molecule has 12 heteroatoms. The molecule has 10 nitrogen and oxygen atoms in total. The van der Waals surface area contributed by atoms with Crippen molar-refractivity contribution in [1.29, 1.82) is 0 Å². The van der Waals surface area contributed by atoms with Crippen molar-refractivity contribution in [3.8, 4) is 23.7 Å². The third-order valence-corrected chi connectivity index (χ3v) is 4.42. The van der Waals surface area contributed by atoms with Crippen LogP contribution in [0.1, 0.15) is 28.5 Å². The number of hydrogen-bond donors (Lipinski definition) is 6. The number of halogens is 2. The first-order valence-corrected chi connectivity index (χ1v) is 9.35. The van der Waals surface area contributed by atoms with E-state index < -0.39 is 35.9 Å². The van der Waals surface area contributed by atoms with Crippen LogP contribution in [0.25, 0.3) is 0 Å². The van der Waals surface area contributed by atoms with E-state index in [-0.39, 0.29) is 5.56 Å². The van der Waals surface area contributed by atoms with Gasteiger partial charge in [-0.3, -0.25) is 14.8 Å². The summed E-state index contributed by atoms with van der Waals surface area (Å²) < 4.78 is 27.6. The molecule has 1 aromatic heterocycles. The van der Waals surface area contributed by atoms with Crippen molar-refractivity contribution >= 4 is 17.8 Å². The largest absolute Gasteiger partial charge is 0.350 e. The molecule has 0 saturated heterocycles. The highest BCUT2D eigenvalue weighted by Crippen LogP contribution is 2.21. The lowest BCUT2D eigenvalue weighted by Crippen LogP contribution is -2.69. The fourth-order valence-electron chi connectivity index (χ4n) is 2.56. The highest BCUT2D eigenvalue weighted by molar-refractivity contribution is 5.98. The van der Waals surface area contributed by atoms with Crippen LogP contribution in [-0.2, 0) is 4.79 Å². The van der Waals surface area contributed by atoms with Gasteiger partial charge in [0.15, 0.2) is 0 Å². The topological polar surface area (TPSA) is 148 Å². The smallest absolute Gasteiger partial charge is 0.315 e. The summed E-state index contributed by atoms with van der Waals surface area (Å²) in [7, 11) is 1.19. The molecule has 4 amide bonds. The van der Waals surface area contributed by atoms with Crippen LogP contribution in [0, 0.1) is 23.7 Å². The minimum Gasteiger partial charge on any atom is -0.350 e. The number of aromatic nitrogens is 2. The predicted octanol–water partition coefficient (Wildman–Crippen LogP) is 0.370. The van der Waals surface area contributed by atoms with Crippen LogP contribution in [0.3, 0.4) is 0 Å². The van der Waals surface area contributed by atoms with Gasteiger partial charge in [-0.05, 0) is 49.0 Å². The third kappa shape index (κ3) is 6.53. The van der Waals surface area contributed by atoms with E-state index in [1.807, 2.05) is 5.32 Å². The minimum atomic E-state index is -3.28. The molecular weight excluding hydrogens is 438 g/mol. The van der Waals surface area contributed by atoms with E-state index in [1.54, 1.807) is 6.20 Å². The zero-order chi connectivity index (χ0) is 24.4. The summed E-state index contributed by atoms with van der Waals surface area (Å²) in [5.74, 6) is 8.48. The molecule has 2 unspecified atom stereocenters. The van der Waals surface area contributed by atoms with Crippen molar-refractivity contribution in [3.05, 3.63) is 53.6 Å². The third-order valence-electron chi connectivity index (χ3n) is 4.42. The number of hydrogen-bond acceptors (Lipinski definition) is 5. The first kappa shape index (κ1) is 24.8. The lowest BCUT2D eigenvalue weighted by Gasteiger charge is -2.36. The zero-order valence-corrected chi connectivity index (χ0v) is 17.5. The maximum atomic E-state index is 13.8. The molecule has 0 bridgehead atoms. The van der Waals surface area contributed by atoms with Crippen molar-refractivity contribution < 1.29 is 28.4 Å². The second-order valence-corrected chi connectivity index (χ2v) is 6.70. The average Bonchev–Trinajstić information content (AvgIpc) is 3.33. The van der Waals surface area contributed by atoms with E-state index in [9.17, 15) is 23.2 Å². The molecule has 0 saturated carbocycles. The molecule has 1 aromatic carbocycles. The van der Waals surface area contributed by atoms with Gasteiger partial charge in [0.1, 0.15) is 17.3 Å². The van der Waals surface area contributed by atoms with E-state index in [0.717, 1.165) is 6.92 Å². The average molecular weight is 458 g/mol. The van der Waals surface area contributed by atoms with E-state index in [1.165, 1.54) is 43.1 Å². The van der Waals surface area contributed by atoms with E-state index in [2.05, 4.69) is 44.3 Å². The molecule has 0 aliphatic rings. The van der Waals surface area contributed by atoms with Gasteiger partial charge in [0.25, 0.3) is 18.2 Å². The van der Waals surface area contributed by atoms with Crippen molar-refractivity contribution in [3.63, 3.8) is 0 Å². The normalized spacial score (nSPS) is 12.7. The van der Waals surface area contributed by atoms with Crippen LogP contribution in [0.5, 0.6) is 0 Å². The molecular formula is C21H20F2N6O4. The maximum absolute atomic E-state index is 13.8. The van der Waals surface area contributed by atoms with Crippen LogP contribution >= 0.6 is 0 Å². The maximum Gasteiger partial charge on any atom is 0.315 e. The molecule has 2 aromatic rings. The fraction of sp³-hybridized carbons (Fsp3) is 0.238. The number of amides is 4. The number of urea groups is 1. The Balaban J connectivity index is 2.19. The second kappa shape index (κ2) is 11.3. The van der Waals surface area contributed by atoms with Crippen molar-refractivity contribution in [2.24, 2.45) is 0 Å². The summed E-state index contributed by atoms with van der Waals surface area (Å²) in [5.41, 5.74) is -0.245. The summed E-state index contributed by atoms with van der Waals surface area (Å²) in [6.07, 6.45) is -0.193. The molecule has 0 radical (unpaired) electrons. The Morgan fingerprint density at radius 3 is 2.36 bits per heavy atom. The highest BCUT2D eigenvalue weighted by atomic mass is 19.3. The van der Waals surface area contributed by atoms with Crippen LogP contribution < -0.4 is 21.4 Å². The Morgan fingerprint density at radius 1 is 1.15 bits per heavy atom. The number of H-pyrrole nitrogens is 1. The molecule has 0 fully saturated rings. The molecule has 1 heterocycles. The van der Waals surface area contributed by atoms with E-state index in [0.29, 0.717) is 11.3 Å². The zero-order valence-electron chi connectivity index (χ0n) is 17.5. The number of nitrogens with one attached hydrogen (secondary N) is 5. The highest BCUT2D eigenvalue weighted by Gasteiger charge is 2.48. The summed E-state index contributed by atoms with van der Waals surface area (Å²) in [6, 6.07) is 2.69. The summed E-state index contributed by atoms with van der Waals surface area (Å²) in [6.45, 7) is 0.857. The molecule has 0 aliphatic heterocycles. The number of aromatic amines is 1. The van der Waals surface area contributed by atoms with Crippen molar-refractivity contribution in [2.75, 3.05) is 7.05 Å². The second-order valence-electron chi connectivity index (χ2n) is 6.70. The van der Waals surface area contributed by atoms with Gasteiger partial charge in [0, 0.05) is 24.4 Å². The number of nitrogens with zero attached hydrogens (tertiary/aromatic N) is 1. The van der Waals surface area contributed by atoms with Gasteiger partial charge < -0.3 is 20.9 Å². The molecule has 2 atom stereocenters. The van der Waals surface area contributed by atoms with Gasteiger partial charge in [-0.1, -0.05) is 5.92 Å². The van der Waals surface area contributed by atoms with Crippen LogP contribution in [-0.4, -0.2) is 58.1 Å². The summed E-state index contributed by atoms with van der Waals surface area (Å²) >= 11 is 0. The number of imidazole rings is 1. The first-order valence-electron chi connectivity index (χ1n) is 9.35. The number of benzene rings is 1. The Bertz CT molecular complexity index is 1110. The predicted molar refractivity (Wildman–Crippen MR) is 112 cm³/mol. The van der Waals surface area contributed by atoms with Gasteiger partial charge >= 0.3 is 6.03 Å². The molecule has 172 valence electrons. The van der Waals surface area contributed by atoms with Gasteiger partial charge in [-0.25, -0.2) is 24.0 Å².